The van der Waals surface area contributed by atoms with E-state index in [0.29, 0.717) is 10.2 Å². The smallest absolute Gasteiger partial charge is 0.397 e. The molecule has 0 saturated carbocycles. The summed E-state index contributed by atoms with van der Waals surface area (Å²) in [7, 11) is 1.47. The van der Waals surface area contributed by atoms with Crippen molar-refractivity contribution in [3.63, 3.8) is 0 Å². The molecule has 1 amide bonds. The molecular formula is C18H22BrF3N2O. The average Bonchev–Trinajstić information content (AvgIpc) is 2.49. The maximum absolute atomic E-state index is 12.8. The highest BCUT2D eigenvalue weighted by atomic mass is 79.9. The predicted molar refractivity (Wildman–Crippen MR) is 99.6 cm³/mol. The van der Waals surface area contributed by atoms with Crippen molar-refractivity contribution in [2.75, 3.05) is 7.05 Å². The van der Waals surface area contributed by atoms with Crippen LogP contribution < -0.4 is 5.73 Å². The molecule has 25 heavy (non-hydrogen) atoms. The minimum absolute atomic E-state index is 0.0593. The Hall–Kier alpha value is -2.02. The number of carbonyl (C=O) groups is 1. The van der Waals surface area contributed by atoms with Crippen molar-refractivity contribution >= 4 is 21.8 Å². The molecule has 7 heteroatoms. The molecule has 0 aliphatic heterocycles. The molecule has 0 aromatic rings. The summed E-state index contributed by atoms with van der Waals surface area (Å²) in [6, 6.07) is 0. The van der Waals surface area contributed by atoms with Gasteiger partial charge in [0.1, 0.15) is 0 Å². The number of allylic oxidation sites excluding steroid dienone is 6. The second-order valence-corrected chi connectivity index (χ2v) is 6.15. The number of carbonyl (C=O) groups excluding carboxylic acids is 1. The third-order valence-corrected chi connectivity index (χ3v) is 3.52. The van der Waals surface area contributed by atoms with Crippen LogP contribution in [0.1, 0.15) is 20.8 Å². The van der Waals surface area contributed by atoms with Gasteiger partial charge >= 0.3 is 6.18 Å². The van der Waals surface area contributed by atoms with Crippen LogP contribution in [0.15, 0.2) is 70.1 Å². The van der Waals surface area contributed by atoms with E-state index in [1.54, 1.807) is 13.0 Å². The van der Waals surface area contributed by atoms with Crippen LogP contribution in [0, 0.1) is 0 Å². The van der Waals surface area contributed by atoms with E-state index in [-0.39, 0.29) is 16.8 Å². The number of halogens is 4. The summed E-state index contributed by atoms with van der Waals surface area (Å²) in [5, 5.41) is 0. The fourth-order valence-corrected chi connectivity index (χ4v) is 2.17. The molecule has 0 aliphatic carbocycles. The van der Waals surface area contributed by atoms with E-state index in [1.165, 1.54) is 31.9 Å². The first-order chi connectivity index (χ1) is 11.4. The van der Waals surface area contributed by atoms with E-state index in [9.17, 15) is 18.0 Å². The van der Waals surface area contributed by atoms with Gasteiger partial charge in [-0.05, 0) is 38.5 Å². The SMILES string of the molecule is C=C(Br)/C=C(N)\C(=C/C)N(C)C(=O)C(=C)/C(C)=C\C(=C/C)C(F)(F)F. The Bertz CT molecular complexity index is 683. The largest absolute Gasteiger partial charge is 0.416 e. The zero-order valence-corrected chi connectivity index (χ0v) is 16.3. The normalized spacial score (nSPS) is 14.4. The van der Waals surface area contributed by atoms with Gasteiger partial charge in [-0.25, -0.2) is 0 Å². The first-order valence-corrected chi connectivity index (χ1v) is 8.03. The summed E-state index contributed by atoms with van der Waals surface area (Å²) in [6.45, 7) is 11.6. The average molecular weight is 419 g/mol. The summed E-state index contributed by atoms with van der Waals surface area (Å²) in [6.07, 6.45) is 0.460. The lowest BCUT2D eigenvalue weighted by Gasteiger charge is -2.22. The van der Waals surface area contributed by atoms with E-state index in [4.69, 9.17) is 5.73 Å². The van der Waals surface area contributed by atoms with Gasteiger partial charge in [0.05, 0.1) is 17.0 Å². The van der Waals surface area contributed by atoms with Gasteiger partial charge in [0.25, 0.3) is 5.91 Å². The van der Waals surface area contributed by atoms with E-state index in [1.807, 2.05) is 0 Å². The summed E-state index contributed by atoms with van der Waals surface area (Å²) in [5.74, 6) is -0.559. The van der Waals surface area contributed by atoms with Gasteiger partial charge in [0, 0.05) is 17.1 Å². The standard InChI is InChI=1S/C18H22BrF3N2O/c1-7-14(18(20,21)22)9-11(3)13(5)17(25)24(6)16(8-2)15(23)10-12(4)19/h7-10H,4-5,23H2,1-3,6H3/b11-9-,14-7+,15-10+,16-8+. The van der Waals surface area contributed by atoms with Crippen LogP contribution >= 0.6 is 15.9 Å². The Morgan fingerprint density at radius 1 is 1.16 bits per heavy atom. The number of amides is 1. The maximum Gasteiger partial charge on any atom is 0.416 e. The van der Waals surface area contributed by atoms with Crippen LogP contribution in [0.3, 0.4) is 0 Å². The van der Waals surface area contributed by atoms with Crippen LogP contribution in [0.5, 0.6) is 0 Å². The molecule has 0 aliphatic rings. The molecule has 0 spiro atoms. The maximum atomic E-state index is 12.8. The molecule has 0 unspecified atom stereocenters. The number of likely N-dealkylation sites (N-methyl/N-ethyl adjacent to an activating group) is 1. The number of hydrogen-bond donors (Lipinski definition) is 1. The lowest BCUT2D eigenvalue weighted by atomic mass is 10.0. The van der Waals surface area contributed by atoms with Crippen LogP contribution in [-0.2, 0) is 4.79 Å². The van der Waals surface area contributed by atoms with E-state index < -0.39 is 17.7 Å². The topological polar surface area (TPSA) is 46.3 Å². The molecule has 3 nitrogen and oxygen atoms in total. The van der Waals surface area contributed by atoms with Crippen LogP contribution in [-0.4, -0.2) is 24.0 Å². The molecule has 0 aromatic heterocycles. The summed E-state index contributed by atoms with van der Waals surface area (Å²) < 4.78 is 39.0. The minimum atomic E-state index is -4.50. The van der Waals surface area contributed by atoms with E-state index in [0.717, 1.165) is 12.2 Å². The minimum Gasteiger partial charge on any atom is -0.397 e. The van der Waals surface area contributed by atoms with Crippen LogP contribution in [0.2, 0.25) is 0 Å². The quantitative estimate of drug-likeness (QED) is 0.481. The fourth-order valence-electron chi connectivity index (χ4n) is 1.93. The van der Waals surface area contributed by atoms with Crippen molar-refractivity contribution in [2.24, 2.45) is 5.73 Å². The zero-order valence-electron chi connectivity index (χ0n) is 14.7. The third-order valence-electron chi connectivity index (χ3n) is 3.29. The Morgan fingerprint density at radius 3 is 2.04 bits per heavy atom. The third kappa shape index (κ3) is 6.78. The van der Waals surface area contributed by atoms with Crippen molar-refractivity contribution in [3.8, 4) is 0 Å². The molecular weight excluding hydrogens is 397 g/mol. The van der Waals surface area contributed by atoms with E-state index in [2.05, 4.69) is 29.1 Å². The summed E-state index contributed by atoms with van der Waals surface area (Å²) in [4.78, 5) is 13.7. The van der Waals surface area contributed by atoms with E-state index >= 15 is 0 Å². The Balaban J connectivity index is 5.61. The molecule has 0 fully saturated rings. The molecule has 138 valence electrons. The highest BCUT2D eigenvalue weighted by Crippen LogP contribution is 2.28. The van der Waals surface area contributed by atoms with Crippen molar-refractivity contribution in [3.05, 3.63) is 70.1 Å². The van der Waals surface area contributed by atoms with Gasteiger partial charge < -0.3 is 10.6 Å². The van der Waals surface area contributed by atoms with Crippen LogP contribution in [0.4, 0.5) is 13.2 Å². The van der Waals surface area contributed by atoms with Crippen molar-refractivity contribution in [2.45, 2.75) is 26.9 Å². The number of rotatable bonds is 6. The molecule has 2 N–H and O–H groups in total. The number of alkyl halides is 3. The number of nitrogens with two attached hydrogens (primary N) is 1. The first-order valence-electron chi connectivity index (χ1n) is 7.24. The number of nitrogens with zero attached hydrogens (tertiary/aromatic N) is 1. The molecule has 0 bridgehead atoms. The molecule has 0 radical (unpaired) electrons. The molecule has 0 rings (SSSR count). The molecule has 0 heterocycles. The highest BCUT2D eigenvalue weighted by molar-refractivity contribution is 9.11. The number of hydrogen-bond acceptors (Lipinski definition) is 2. The van der Waals surface area contributed by atoms with Gasteiger partial charge in [-0.15, -0.1) is 0 Å². The second-order valence-electron chi connectivity index (χ2n) is 5.13. The Morgan fingerprint density at radius 2 is 1.68 bits per heavy atom. The molecule has 0 aromatic carbocycles. The zero-order chi connectivity index (χ0) is 19.9. The summed E-state index contributed by atoms with van der Waals surface area (Å²) >= 11 is 3.14. The van der Waals surface area contributed by atoms with Crippen molar-refractivity contribution in [1.82, 2.24) is 4.90 Å². The fraction of sp³-hybridized carbons (Fsp3) is 0.278. The lowest BCUT2D eigenvalue weighted by Crippen LogP contribution is -2.30. The van der Waals surface area contributed by atoms with Crippen molar-refractivity contribution in [1.29, 1.82) is 0 Å². The molecule has 0 atom stereocenters. The van der Waals surface area contributed by atoms with Crippen molar-refractivity contribution < 1.29 is 18.0 Å². The first kappa shape index (κ1) is 23.0. The van der Waals surface area contributed by atoms with Gasteiger partial charge in [-0.1, -0.05) is 41.2 Å². The monoisotopic (exact) mass is 418 g/mol. The van der Waals surface area contributed by atoms with Gasteiger partial charge in [-0.2, -0.15) is 13.2 Å². The van der Waals surface area contributed by atoms with Gasteiger partial charge in [0.15, 0.2) is 0 Å². The lowest BCUT2D eigenvalue weighted by molar-refractivity contribution is -0.123. The van der Waals surface area contributed by atoms with Gasteiger partial charge in [0.2, 0.25) is 0 Å². The van der Waals surface area contributed by atoms with Gasteiger partial charge in [-0.3, -0.25) is 4.79 Å². The van der Waals surface area contributed by atoms with Crippen LogP contribution in [0.25, 0.3) is 0 Å². The Kier molecular flexibility index (Phi) is 8.70. The predicted octanol–water partition coefficient (Wildman–Crippen LogP) is 5.11. The highest BCUT2D eigenvalue weighted by Gasteiger charge is 2.31. The second kappa shape index (κ2) is 9.46. The summed E-state index contributed by atoms with van der Waals surface area (Å²) in [5.41, 5.74) is 5.79. The Labute approximate surface area is 154 Å². The molecule has 0 saturated heterocycles.